The summed E-state index contributed by atoms with van der Waals surface area (Å²) in [6, 6.07) is 0.395. The summed E-state index contributed by atoms with van der Waals surface area (Å²) in [5.41, 5.74) is 0.998. The van der Waals surface area contributed by atoms with Crippen LogP contribution in [0, 0.1) is 15.9 Å². The van der Waals surface area contributed by atoms with Gasteiger partial charge in [0, 0.05) is 51.6 Å². The van der Waals surface area contributed by atoms with Gasteiger partial charge in [0.05, 0.1) is 15.3 Å². The maximum atomic E-state index is 12.2. The molecule has 0 radical (unpaired) electrons. The first-order valence-electron chi connectivity index (χ1n) is 10.7. The minimum absolute atomic E-state index is 0.145. The zero-order valence-corrected chi connectivity index (χ0v) is 20.7. The van der Waals surface area contributed by atoms with Crippen LogP contribution in [0.2, 0.25) is 0 Å². The Balaban J connectivity index is 1.35. The molecule has 0 atom stereocenters. The van der Waals surface area contributed by atoms with Crippen LogP contribution in [-0.2, 0) is 9.53 Å². The summed E-state index contributed by atoms with van der Waals surface area (Å²) in [7, 11) is 0. The zero-order chi connectivity index (χ0) is 21.8. The Morgan fingerprint density at radius 3 is 2.23 bits per heavy atom. The quantitative estimate of drug-likeness (QED) is 0.551. The number of carbonyl (C=O) groups excluding carboxylic acids is 2. The third-order valence-corrected chi connectivity index (χ3v) is 7.74. The number of halogens is 1. The molecule has 2 aliphatic heterocycles. The number of aromatic nitrogens is 2. The van der Waals surface area contributed by atoms with E-state index in [0.717, 1.165) is 57.9 Å². The van der Waals surface area contributed by atoms with Gasteiger partial charge in [0.1, 0.15) is 5.60 Å². The van der Waals surface area contributed by atoms with Crippen molar-refractivity contribution in [3.8, 4) is 0 Å². The van der Waals surface area contributed by atoms with Crippen molar-refractivity contribution in [1.82, 2.24) is 19.6 Å². The normalized spacial score (nSPS) is 21.5. The van der Waals surface area contributed by atoms with Crippen molar-refractivity contribution in [3.05, 3.63) is 9.26 Å². The molecule has 1 aromatic heterocycles. The van der Waals surface area contributed by atoms with Crippen molar-refractivity contribution < 1.29 is 14.3 Å². The second kappa shape index (κ2) is 7.56. The highest BCUT2D eigenvalue weighted by Gasteiger charge is 2.55. The Labute approximate surface area is 192 Å². The summed E-state index contributed by atoms with van der Waals surface area (Å²) in [6.45, 7) is 14.2. The lowest BCUT2D eigenvalue weighted by Crippen LogP contribution is -2.64. The van der Waals surface area contributed by atoms with Gasteiger partial charge < -0.3 is 19.4 Å². The zero-order valence-electron chi connectivity index (χ0n) is 18.6. The molecule has 3 heterocycles. The Bertz CT molecular complexity index is 840. The smallest absolute Gasteiger partial charge is 0.410 e. The number of hydrogen-bond acceptors (Lipinski definition) is 5. The fourth-order valence-electron chi connectivity index (χ4n) is 4.86. The molecule has 30 heavy (non-hydrogen) atoms. The number of hydrogen-bond donors (Lipinski definition) is 0. The van der Waals surface area contributed by atoms with E-state index >= 15 is 0 Å². The number of anilines is 1. The Morgan fingerprint density at radius 2 is 1.70 bits per heavy atom. The van der Waals surface area contributed by atoms with Crippen molar-refractivity contribution in [3.63, 3.8) is 0 Å². The Hall–Kier alpha value is -1.52. The van der Waals surface area contributed by atoms with Gasteiger partial charge in [-0.05, 0) is 63.1 Å². The van der Waals surface area contributed by atoms with Gasteiger partial charge in [-0.3, -0.25) is 9.48 Å². The van der Waals surface area contributed by atoms with Gasteiger partial charge in [0.15, 0.2) is 5.82 Å². The van der Waals surface area contributed by atoms with Crippen molar-refractivity contribution in [2.24, 2.45) is 5.41 Å². The molecule has 166 valence electrons. The van der Waals surface area contributed by atoms with Gasteiger partial charge in [-0.15, -0.1) is 0 Å². The van der Waals surface area contributed by atoms with E-state index in [2.05, 4.69) is 39.1 Å². The molecule has 1 aliphatic carbocycles. The highest BCUT2D eigenvalue weighted by atomic mass is 127. The molecule has 0 bridgehead atoms. The van der Waals surface area contributed by atoms with Crippen LogP contribution in [0.15, 0.2) is 0 Å². The van der Waals surface area contributed by atoms with Gasteiger partial charge in [0.25, 0.3) is 0 Å². The fourth-order valence-corrected chi connectivity index (χ4v) is 5.56. The maximum absolute atomic E-state index is 12.2. The van der Waals surface area contributed by atoms with E-state index in [1.165, 1.54) is 9.26 Å². The van der Waals surface area contributed by atoms with Gasteiger partial charge in [-0.2, -0.15) is 5.10 Å². The van der Waals surface area contributed by atoms with Crippen molar-refractivity contribution >= 4 is 40.4 Å². The van der Waals surface area contributed by atoms with Crippen LogP contribution in [0.25, 0.3) is 0 Å². The van der Waals surface area contributed by atoms with Gasteiger partial charge in [-0.25, -0.2) is 4.79 Å². The monoisotopic (exact) mass is 529 g/mol. The first kappa shape index (κ1) is 21.7. The van der Waals surface area contributed by atoms with E-state index in [1.54, 1.807) is 6.92 Å². The van der Waals surface area contributed by atoms with E-state index in [1.807, 2.05) is 30.6 Å². The van der Waals surface area contributed by atoms with Crippen LogP contribution >= 0.6 is 22.6 Å². The first-order valence-corrected chi connectivity index (χ1v) is 11.8. The minimum atomic E-state index is -0.447. The lowest BCUT2D eigenvalue weighted by atomic mass is 9.61. The number of rotatable bonds is 2. The Kier molecular flexibility index (Phi) is 5.47. The molecule has 0 unspecified atom stereocenters. The maximum Gasteiger partial charge on any atom is 0.410 e. The van der Waals surface area contributed by atoms with Gasteiger partial charge in [-0.1, -0.05) is 0 Å². The van der Waals surface area contributed by atoms with E-state index in [0.29, 0.717) is 6.04 Å². The summed E-state index contributed by atoms with van der Waals surface area (Å²) in [4.78, 5) is 29.8. The molecule has 2 saturated heterocycles. The van der Waals surface area contributed by atoms with Crippen molar-refractivity contribution in [2.45, 2.75) is 59.1 Å². The molecule has 1 spiro atoms. The molecular weight excluding hydrogens is 497 g/mol. The predicted molar refractivity (Wildman–Crippen MR) is 123 cm³/mol. The molecule has 4 rings (SSSR count). The van der Waals surface area contributed by atoms with Crippen LogP contribution in [0.4, 0.5) is 10.6 Å². The third-order valence-electron chi connectivity index (χ3n) is 6.47. The second-order valence-electron chi connectivity index (χ2n) is 10.1. The summed E-state index contributed by atoms with van der Waals surface area (Å²) in [5, 5.41) is 4.98. The highest BCUT2D eigenvalue weighted by molar-refractivity contribution is 14.1. The van der Waals surface area contributed by atoms with E-state index in [9.17, 15) is 9.59 Å². The number of piperazine rings is 1. The Morgan fingerprint density at radius 1 is 1.10 bits per heavy atom. The molecule has 0 N–H and O–H groups in total. The largest absolute Gasteiger partial charge is 0.444 e. The SMILES string of the molecule is CC(=O)N1CCN(c2nn(C3CC4(C3)CN(C(=O)OC(C)(C)C)C4)c(C)c2I)CC1. The minimum Gasteiger partial charge on any atom is -0.444 e. The van der Waals surface area contributed by atoms with Crippen LogP contribution in [0.5, 0.6) is 0 Å². The lowest BCUT2D eigenvalue weighted by Gasteiger charge is -2.58. The summed E-state index contributed by atoms with van der Waals surface area (Å²) in [6.07, 6.45) is 1.92. The molecule has 9 heteroatoms. The summed E-state index contributed by atoms with van der Waals surface area (Å²) < 4.78 is 8.87. The molecular formula is C21H32IN5O3. The van der Waals surface area contributed by atoms with Gasteiger partial charge in [0.2, 0.25) is 5.91 Å². The number of ether oxygens (including phenoxy) is 1. The van der Waals surface area contributed by atoms with Crippen LogP contribution < -0.4 is 4.90 Å². The highest BCUT2D eigenvalue weighted by Crippen LogP contribution is 2.54. The topological polar surface area (TPSA) is 70.9 Å². The molecule has 3 aliphatic rings. The number of amides is 2. The standard InChI is InChI=1S/C21H32IN5O3/c1-14-17(22)18(25-8-6-24(7-9-25)15(2)28)23-27(14)16-10-21(11-16)12-26(13-21)19(29)30-20(3,4)5/h16H,6-13H2,1-5H3. The summed E-state index contributed by atoms with van der Waals surface area (Å²) >= 11 is 2.40. The number of likely N-dealkylation sites (tertiary alicyclic amines) is 1. The molecule has 2 amide bonds. The average molecular weight is 529 g/mol. The molecule has 3 fully saturated rings. The first-order chi connectivity index (χ1) is 14.0. The van der Waals surface area contributed by atoms with Crippen LogP contribution in [-0.4, -0.2) is 76.5 Å². The van der Waals surface area contributed by atoms with E-state index in [4.69, 9.17) is 9.84 Å². The summed E-state index contributed by atoms with van der Waals surface area (Å²) in [5.74, 6) is 1.19. The van der Waals surface area contributed by atoms with Crippen molar-refractivity contribution in [2.75, 3.05) is 44.2 Å². The third kappa shape index (κ3) is 4.01. The number of carbonyl (C=O) groups is 2. The number of nitrogens with zero attached hydrogens (tertiary/aromatic N) is 5. The van der Waals surface area contributed by atoms with Crippen LogP contribution in [0.1, 0.15) is 52.3 Å². The molecule has 1 saturated carbocycles. The molecule has 0 aromatic carbocycles. The average Bonchev–Trinajstić information content (AvgIpc) is 2.87. The fraction of sp³-hybridized carbons (Fsp3) is 0.762. The van der Waals surface area contributed by atoms with Gasteiger partial charge >= 0.3 is 6.09 Å². The second-order valence-corrected chi connectivity index (χ2v) is 11.1. The molecule has 1 aromatic rings. The predicted octanol–water partition coefficient (Wildman–Crippen LogP) is 3.04. The lowest BCUT2D eigenvalue weighted by molar-refractivity contribution is -0.129. The van der Waals surface area contributed by atoms with Crippen LogP contribution in [0.3, 0.4) is 0 Å². The molecule has 8 nitrogen and oxygen atoms in total. The van der Waals surface area contributed by atoms with E-state index < -0.39 is 5.60 Å². The van der Waals surface area contributed by atoms with E-state index in [-0.39, 0.29) is 17.4 Å². The van der Waals surface area contributed by atoms with Crippen molar-refractivity contribution in [1.29, 1.82) is 0 Å².